The van der Waals surface area contributed by atoms with Gasteiger partial charge in [0.15, 0.2) is 0 Å². The highest BCUT2D eigenvalue weighted by Gasteiger charge is 2.46. The lowest BCUT2D eigenvalue weighted by Crippen LogP contribution is -2.30. The van der Waals surface area contributed by atoms with Crippen molar-refractivity contribution in [2.45, 2.75) is 12.3 Å². The van der Waals surface area contributed by atoms with Crippen molar-refractivity contribution >= 4 is 29.1 Å². The summed E-state index contributed by atoms with van der Waals surface area (Å²) in [5.74, 6) is -0.899. The lowest BCUT2D eigenvalue weighted by molar-refractivity contribution is -0.112. The summed E-state index contributed by atoms with van der Waals surface area (Å²) in [4.78, 5) is 40.3. The first-order valence-corrected chi connectivity index (χ1v) is 14.5. The Labute approximate surface area is 255 Å². The van der Waals surface area contributed by atoms with E-state index in [1.54, 1.807) is 36.4 Å². The standard InChI is InChI=1S/C39H28N2O3/c1-3-10-25(2)36(42)40-28-21-17-26(18-22-28)39(34-15-8-6-11-30(34)31-12-7-9-16-35(31)39)27-19-23-29(24-20-27)41-37(43)32-13-4-5-14-33(32)38(41)44/h3-24H,2H2,1H3,(H,40,42)/b10-3-. The van der Waals surface area contributed by atoms with Crippen LogP contribution in [0.2, 0.25) is 0 Å². The molecule has 0 saturated carbocycles. The van der Waals surface area contributed by atoms with Gasteiger partial charge in [0.1, 0.15) is 0 Å². The highest BCUT2D eigenvalue weighted by Crippen LogP contribution is 2.56. The SMILES string of the molecule is C=C(/C=C\C)C(=O)Nc1ccc(C2(c3ccc(N4C(=O)c5ccccc5C4=O)cc3)c3ccccc3-c3ccccc32)cc1. The van der Waals surface area contributed by atoms with Gasteiger partial charge >= 0.3 is 0 Å². The van der Waals surface area contributed by atoms with Crippen LogP contribution >= 0.6 is 0 Å². The fraction of sp³-hybridized carbons (Fsp3) is 0.0513. The van der Waals surface area contributed by atoms with Gasteiger partial charge in [-0.15, -0.1) is 0 Å². The van der Waals surface area contributed by atoms with E-state index in [-0.39, 0.29) is 17.7 Å². The summed E-state index contributed by atoms with van der Waals surface area (Å²) in [6, 6.07) is 39.3. The van der Waals surface area contributed by atoms with Crippen LogP contribution in [0.4, 0.5) is 11.4 Å². The fourth-order valence-electron chi connectivity index (χ4n) is 6.60. The van der Waals surface area contributed by atoms with Gasteiger partial charge in [0.05, 0.1) is 22.2 Å². The fourth-order valence-corrected chi connectivity index (χ4v) is 6.60. The lowest BCUT2D eigenvalue weighted by Gasteiger charge is -2.34. The third-order valence-electron chi connectivity index (χ3n) is 8.54. The smallest absolute Gasteiger partial charge is 0.266 e. The minimum absolute atomic E-state index is 0.258. The second-order valence-electron chi connectivity index (χ2n) is 10.9. The average Bonchev–Trinajstić information content (AvgIpc) is 3.50. The van der Waals surface area contributed by atoms with Crippen molar-refractivity contribution < 1.29 is 14.4 Å². The van der Waals surface area contributed by atoms with Crippen LogP contribution in [0.1, 0.15) is 49.9 Å². The molecule has 0 fully saturated rings. The molecule has 3 amide bonds. The van der Waals surface area contributed by atoms with Crippen molar-refractivity contribution in [3.05, 3.63) is 179 Å². The van der Waals surface area contributed by atoms with Gasteiger partial charge in [-0.1, -0.05) is 104 Å². The molecule has 0 spiro atoms. The molecule has 5 aromatic rings. The van der Waals surface area contributed by atoms with Crippen molar-refractivity contribution in [2.24, 2.45) is 0 Å². The molecule has 0 aromatic heterocycles. The number of hydrogen-bond acceptors (Lipinski definition) is 3. The van der Waals surface area contributed by atoms with E-state index in [0.29, 0.717) is 28.1 Å². The van der Waals surface area contributed by atoms with E-state index in [9.17, 15) is 14.4 Å². The largest absolute Gasteiger partial charge is 0.322 e. The quantitative estimate of drug-likeness (QED) is 0.125. The van der Waals surface area contributed by atoms with Crippen molar-refractivity contribution in [2.75, 3.05) is 10.2 Å². The van der Waals surface area contributed by atoms with E-state index in [1.165, 1.54) is 4.90 Å². The summed E-state index contributed by atoms with van der Waals surface area (Å²) < 4.78 is 0. The molecule has 0 atom stereocenters. The van der Waals surface area contributed by atoms with Crippen molar-refractivity contribution in [3.8, 4) is 11.1 Å². The molecule has 2 aliphatic rings. The molecule has 5 aromatic carbocycles. The van der Waals surface area contributed by atoms with Crippen LogP contribution in [0.5, 0.6) is 0 Å². The Kier molecular flexibility index (Phi) is 6.44. The molecule has 1 heterocycles. The predicted octanol–water partition coefficient (Wildman–Crippen LogP) is 7.92. The summed E-state index contributed by atoms with van der Waals surface area (Å²) in [7, 11) is 0. The lowest BCUT2D eigenvalue weighted by atomic mass is 9.67. The number of hydrogen-bond donors (Lipinski definition) is 1. The van der Waals surface area contributed by atoms with Crippen molar-refractivity contribution in [1.29, 1.82) is 0 Å². The second-order valence-corrected chi connectivity index (χ2v) is 10.9. The maximum absolute atomic E-state index is 13.2. The molecule has 1 aliphatic carbocycles. The molecular weight excluding hydrogens is 544 g/mol. The Hall–Kier alpha value is -5.81. The molecule has 1 aliphatic heterocycles. The van der Waals surface area contributed by atoms with Gasteiger partial charge in [-0.25, -0.2) is 4.90 Å². The van der Waals surface area contributed by atoms with Crippen LogP contribution < -0.4 is 10.2 Å². The third-order valence-corrected chi connectivity index (χ3v) is 8.54. The van der Waals surface area contributed by atoms with Gasteiger partial charge < -0.3 is 5.32 Å². The van der Waals surface area contributed by atoms with Crippen LogP contribution in [-0.2, 0) is 10.2 Å². The molecule has 212 valence electrons. The van der Waals surface area contributed by atoms with Gasteiger partial charge in [-0.2, -0.15) is 0 Å². The molecule has 0 unspecified atom stereocenters. The zero-order valence-electron chi connectivity index (χ0n) is 24.1. The van der Waals surface area contributed by atoms with E-state index in [1.807, 2.05) is 79.7 Å². The minimum Gasteiger partial charge on any atom is -0.322 e. The normalized spacial score (nSPS) is 14.3. The predicted molar refractivity (Wildman–Crippen MR) is 174 cm³/mol. The molecular formula is C39H28N2O3. The summed E-state index contributed by atoms with van der Waals surface area (Å²) in [6.07, 6.45) is 3.46. The van der Waals surface area contributed by atoms with Gasteiger partial charge in [-0.05, 0) is 76.7 Å². The van der Waals surface area contributed by atoms with Crippen LogP contribution in [-0.4, -0.2) is 17.7 Å². The first kappa shape index (κ1) is 27.0. The number of rotatable bonds is 6. The zero-order chi connectivity index (χ0) is 30.4. The number of allylic oxidation sites excluding steroid dienone is 1. The Morgan fingerprint density at radius 1 is 0.659 bits per heavy atom. The molecule has 7 rings (SSSR count). The Morgan fingerprint density at radius 2 is 1.11 bits per heavy atom. The molecule has 44 heavy (non-hydrogen) atoms. The number of carbonyl (C=O) groups excluding carboxylic acids is 3. The van der Waals surface area contributed by atoms with Crippen LogP contribution in [0.25, 0.3) is 11.1 Å². The molecule has 0 saturated heterocycles. The summed E-state index contributed by atoms with van der Waals surface area (Å²) in [6.45, 7) is 5.68. The maximum Gasteiger partial charge on any atom is 0.266 e. The topological polar surface area (TPSA) is 66.5 Å². The summed E-state index contributed by atoms with van der Waals surface area (Å²) >= 11 is 0. The van der Waals surface area contributed by atoms with Crippen LogP contribution in [0.15, 0.2) is 146 Å². The van der Waals surface area contributed by atoms with Crippen LogP contribution in [0, 0.1) is 0 Å². The average molecular weight is 573 g/mol. The number of fused-ring (bicyclic) bond motifs is 4. The van der Waals surface area contributed by atoms with E-state index in [2.05, 4.69) is 36.2 Å². The molecule has 5 heteroatoms. The van der Waals surface area contributed by atoms with Crippen LogP contribution in [0.3, 0.4) is 0 Å². The van der Waals surface area contributed by atoms with Gasteiger partial charge in [0, 0.05) is 11.3 Å². The number of anilines is 2. The van der Waals surface area contributed by atoms with E-state index in [0.717, 1.165) is 33.4 Å². The summed E-state index contributed by atoms with van der Waals surface area (Å²) in [5, 5.41) is 2.93. The molecule has 0 radical (unpaired) electrons. The highest BCUT2D eigenvalue weighted by molar-refractivity contribution is 6.34. The van der Waals surface area contributed by atoms with Crippen molar-refractivity contribution in [1.82, 2.24) is 0 Å². The third kappa shape index (κ3) is 3.97. The number of amides is 3. The van der Waals surface area contributed by atoms with E-state index in [4.69, 9.17) is 0 Å². The second kappa shape index (κ2) is 10.5. The van der Waals surface area contributed by atoms with Gasteiger partial charge in [0.25, 0.3) is 17.7 Å². The Bertz CT molecular complexity index is 1940. The number of carbonyl (C=O) groups is 3. The number of nitrogens with zero attached hydrogens (tertiary/aromatic N) is 1. The zero-order valence-corrected chi connectivity index (χ0v) is 24.1. The van der Waals surface area contributed by atoms with Gasteiger partial charge in [0.2, 0.25) is 0 Å². The number of nitrogens with one attached hydrogen (secondary N) is 1. The first-order valence-electron chi connectivity index (χ1n) is 14.5. The Balaban J connectivity index is 1.35. The molecule has 1 N–H and O–H groups in total. The Morgan fingerprint density at radius 3 is 1.61 bits per heavy atom. The summed E-state index contributed by atoms with van der Waals surface area (Å²) in [5.41, 5.74) is 8.30. The maximum atomic E-state index is 13.2. The monoisotopic (exact) mass is 572 g/mol. The molecule has 0 bridgehead atoms. The van der Waals surface area contributed by atoms with Crippen molar-refractivity contribution in [3.63, 3.8) is 0 Å². The minimum atomic E-state index is -0.676. The van der Waals surface area contributed by atoms with Gasteiger partial charge in [-0.3, -0.25) is 14.4 Å². The molecule has 5 nitrogen and oxygen atoms in total. The van der Waals surface area contributed by atoms with E-state index < -0.39 is 5.41 Å². The first-order chi connectivity index (χ1) is 21.4. The number of benzene rings is 5. The highest BCUT2D eigenvalue weighted by atomic mass is 16.2. The van der Waals surface area contributed by atoms with E-state index >= 15 is 0 Å². The number of imide groups is 1.